The molecular formula is C21H18ClFN10O. The van der Waals surface area contributed by atoms with E-state index < -0.39 is 17.4 Å². The van der Waals surface area contributed by atoms with E-state index in [4.69, 9.17) is 28.1 Å². The Labute approximate surface area is 196 Å². The van der Waals surface area contributed by atoms with Crippen LogP contribution in [0.3, 0.4) is 0 Å². The van der Waals surface area contributed by atoms with E-state index in [0.29, 0.717) is 17.2 Å². The monoisotopic (exact) mass is 480 g/mol. The first-order valence-electron chi connectivity index (χ1n) is 10.3. The van der Waals surface area contributed by atoms with Crippen molar-refractivity contribution in [2.24, 2.45) is 5.92 Å². The van der Waals surface area contributed by atoms with Crippen molar-refractivity contribution in [3.05, 3.63) is 56.6 Å². The number of nitrogens with two attached hydrogens (primary N) is 2. The molecular weight excluding hydrogens is 463 g/mol. The van der Waals surface area contributed by atoms with Gasteiger partial charge >= 0.3 is 0 Å². The lowest BCUT2D eigenvalue weighted by atomic mass is 10.1. The maximum atomic E-state index is 14.1. The highest BCUT2D eigenvalue weighted by Gasteiger charge is 2.37. The number of anilines is 3. The predicted octanol–water partition coefficient (Wildman–Crippen LogP) is 2.60. The fraction of sp³-hybridized carbons (Fsp3) is 0.238. The Morgan fingerprint density at radius 1 is 1.32 bits per heavy atom. The van der Waals surface area contributed by atoms with Gasteiger partial charge in [-0.3, -0.25) is 14.5 Å². The van der Waals surface area contributed by atoms with Crippen molar-refractivity contribution in [1.82, 2.24) is 29.7 Å². The average molecular weight is 481 g/mol. The second kappa shape index (κ2) is 7.96. The Balaban J connectivity index is 1.79. The summed E-state index contributed by atoms with van der Waals surface area (Å²) < 4.78 is 15.5. The first-order valence-corrected chi connectivity index (χ1v) is 10.7. The molecule has 1 atom stereocenters. The number of H-pyrrole nitrogens is 1. The summed E-state index contributed by atoms with van der Waals surface area (Å²) in [7, 11) is 0. The number of halogens is 2. The smallest absolute Gasteiger partial charge is 0.266 e. The average Bonchev–Trinajstić information content (AvgIpc) is 3.53. The summed E-state index contributed by atoms with van der Waals surface area (Å²) in [6, 6.07) is 3.61. The van der Waals surface area contributed by atoms with E-state index in [1.165, 1.54) is 10.8 Å². The highest BCUT2D eigenvalue weighted by atomic mass is 35.5. The molecule has 1 saturated carbocycles. The van der Waals surface area contributed by atoms with Crippen LogP contribution >= 0.6 is 11.6 Å². The lowest BCUT2D eigenvalue weighted by Gasteiger charge is -2.23. The number of aromatic amines is 1. The number of hydrogen-bond donors (Lipinski definition) is 4. The number of benzene rings is 1. The molecule has 34 heavy (non-hydrogen) atoms. The summed E-state index contributed by atoms with van der Waals surface area (Å²) in [6.45, 7) is 1.75. The van der Waals surface area contributed by atoms with E-state index in [9.17, 15) is 14.4 Å². The summed E-state index contributed by atoms with van der Waals surface area (Å²) in [5, 5.41) is 19.6. The molecule has 0 spiro atoms. The highest BCUT2D eigenvalue weighted by Crippen LogP contribution is 2.43. The van der Waals surface area contributed by atoms with Crippen LogP contribution in [0.15, 0.2) is 23.1 Å². The van der Waals surface area contributed by atoms with E-state index in [1.54, 1.807) is 6.92 Å². The standard InChI is InChI=1S/C21H18ClFN10O/c1-8-14(7-27-32-8)33-19(29-16-11(20(33)34)4-10(23)5-13(16)22)15(9-2-3-9)28-18-12(6-24)17(25)30-21(26)31-18/h4-5,7,9,15H,2-3H2,1H3,(H,27,32)(H5,25,26,28,30,31)/t15-/m0/s1. The summed E-state index contributed by atoms with van der Waals surface area (Å²) >= 11 is 6.28. The second-order valence-corrected chi connectivity index (χ2v) is 8.44. The minimum Gasteiger partial charge on any atom is -0.382 e. The fourth-order valence-corrected chi connectivity index (χ4v) is 4.17. The molecule has 1 aromatic carbocycles. The van der Waals surface area contributed by atoms with Crippen molar-refractivity contribution >= 4 is 40.1 Å². The van der Waals surface area contributed by atoms with Gasteiger partial charge in [0.1, 0.15) is 29.1 Å². The molecule has 0 radical (unpaired) electrons. The largest absolute Gasteiger partial charge is 0.382 e. The third kappa shape index (κ3) is 3.56. The van der Waals surface area contributed by atoms with Crippen LogP contribution in [0.1, 0.15) is 36.0 Å². The van der Waals surface area contributed by atoms with Crippen molar-refractivity contribution in [2.45, 2.75) is 25.8 Å². The van der Waals surface area contributed by atoms with Crippen molar-refractivity contribution in [3.8, 4) is 11.8 Å². The Kier molecular flexibility index (Phi) is 5.06. The Hall–Kier alpha value is -4.24. The third-order valence-electron chi connectivity index (χ3n) is 5.69. The number of rotatable bonds is 5. The fourth-order valence-electron chi connectivity index (χ4n) is 3.92. The topological polar surface area (TPSA) is 177 Å². The first-order chi connectivity index (χ1) is 16.3. The summed E-state index contributed by atoms with van der Waals surface area (Å²) in [6.07, 6.45) is 3.16. The van der Waals surface area contributed by atoms with Crippen LogP contribution in [0.2, 0.25) is 5.02 Å². The van der Waals surface area contributed by atoms with Crippen molar-refractivity contribution in [3.63, 3.8) is 0 Å². The number of nitrogens with zero attached hydrogens (tertiary/aromatic N) is 6. The summed E-state index contributed by atoms with van der Waals surface area (Å²) in [4.78, 5) is 26.3. The van der Waals surface area contributed by atoms with Gasteiger partial charge < -0.3 is 16.8 Å². The highest BCUT2D eigenvalue weighted by molar-refractivity contribution is 6.35. The van der Waals surface area contributed by atoms with Gasteiger partial charge in [-0.25, -0.2) is 9.37 Å². The van der Waals surface area contributed by atoms with Gasteiger partial charge in [0.2, 0.25) is 5.95 Å². The molecule has 1 aliphatic carbocycles. The van der Waals surface area contributed by atoms with Crippen molar-refractivity contribution < 1.29 is 4.39 Å². The number of nitrogens with one attached hydrogen (secondary N) is 2. The van der Waals surface area contributed by atoms with E-state index in [-0.39, 0.29) is 45.0 Å². The van der Waals surface area contributed by atoms with Crippen LogP contribution in [-0.4, -0.2) is 29.7 Å². The molecule has 1 fully saturated rings. The zero-order valence-electron chi connectivity index (χ0n) is 17.8. The zero-order chi connectivity index (χ0) is 24.1. The molecule has 0 amide bonds. The van der Waals surface area contributed by atoms with Crippen LogP contribution < -0.4 is 22.3 Å². The number of aryl methyl sites for hydroxylation is 1. The molecule has 0 unspecified atom stereocenters. The molecule has 4 aromatic rings. The van der Waals surface area contributed by atoms with Gasteiger partial charge in [-0.1, -0.05) is 11.6 Å². The van der Waals surface area contributed by atoms with Crippen LogP contribution in [0.25, 0.3) is 16.6 Å². The van der Waals surface area contributed by atoms with E-state index in [2.05, 4.69) is 25.5 Å². The molecule has 0 saturated heterocycles. The van der Waals surface area contributed by atoms with Gasteiger partial charge in [-0.2, -0.15) is 20.3 Å². The number of nitrogen functional groups attached to an aromatic ring is 2. The Morgan fingerprint density at radius 2 is 2.09 bits per heavy atom. The minimum absolute atomic E-state index is 0.00667. The first kappa shape index (κ1) is 21.6. The molecule has 3 heterocycles. The molecule has 3 aromatic heterocycles. The van der Waals surface area contributed by atoms with Crippen LogP contribution in [-0.2, 0) is 0 Å². The third-order valence-corrected chi connectivity index (χ3v) is 5.98. The summed E-state index contributed by atoms with van der Waals surface area (Å²) in [5.74, 6) is -0.341. The lowest BCUT2D eigenvalue weighted by molar-refractivity contribution is 0.606. The predicted molar refractivity (Wildman–Crippen MR) is 124 cm³/mol. The van der Waals surface area contributed by atoms with Gasteiger partial charge in [-0.15, -0.1) is 0 Å². The molecule has 13 heteroatoms. The molecule has 5 rings (SSSR count). The molecule has 0 bridgehead atoms. The molecule has 0 aliphatic heterocycles. The van der Waals surface area contributed by atoms with Gasteiger partial charge in [-0.05, 0) is 37.8 Å². The molecule has 1 aliphatic rings. The van der Waals surface area contributed by atoms with Crippen LogP contribution in [0, 0.1) is 30.0 Å². The van der Waals surface area contributed by atoms with Gasteiger partial charge in [0, 0.05) is 0 Å². The SMILES string of the molecule is Cc1[nH]ncc1-n1c([C@@H](Nc2nc(N)nc(N)c2C#N)C2CC2)nc2c(Cl)cc(F)cc2c1=O. The van der Waals surface area contributed by atoms with Crippen LogP contribution in [0.5, 0.6) is 0 Å². The van der Waals surface area contributed by atoms with Crippen molar-refractivity contribution in [2.75, 3.05) is 16.8 Å². The van der Waals surface area contributed by atoms with Crippen LogP contribution in [0.4, 0.5) is 22.0 Å². The number of hydrogen-bond acceptors (Lipinski definition) is 9. The zero-order valence-corrected chi connectivity index (χ0v) is 18.6. The number of aromatic nitrogens is 6. The minimum atomic E-state index is -0.651. The van der Waals surface area contributed by atoms with Gasteiger partial charge in [0.05, 0.1) is 39.5 Å². The van der Waals surface area contributed by atoms with E-state index in [1.807, 2.05) is 6.07 Å². The number of fused-ring (bicyclic) bond motifs is 1. The second-order valence-electron chi connectivity index (χ2n) is 8.04. The quantitative estimate of drug-likeness (QED) is 0.334. The number of nitriles is 1. The Morgan fingerprint density at radius 3 is 2.74 bits per heavy atom. The molecule has 172 valence electrons. The van der Waals surface area contributed by atoms with Gasteiger partial charge in [0.15, 0.2) is 5.82 Å². The summed E-state index contributed by atoms with van der Waals surface area (Å²) in [5.41, 5.74) is 12.4. The van der Waals surface area contributed by atoms with Gasteiger partial charge in [0.25, 0.3) is 5.56 Å². The maximum absolute atomic E-state index is 14.1. The molecule has 11 nitrogen and oxygen atoms in total. The lowest BCUT2D eigenvalue weighted by Crippen LogP contribution is -2.30. The normalized spacial score (nSPS) is 14.2. The maximum Gasteiger partial charge on any atom is 0.266 e. The van der Waals surface area contributed by atoms with Crippen molar-refractivity contribution in [1.29, 1.82) is 5.26 Å². The Bertz CT molecular complexity index is 1550. The van der Waals surface area contributed by atoms with E-state index >= 15 is 0 Å². The van der Waals surface area contributed by atoms with E-state index in [0.717, 1.165) is 25.0 Å². The molecule has 6 N–H and O–H groups in total.